The van der Waals surface area contributed by atoms with E-state index in [9.17, 15) is 4.79 Å². The van der Waals surface area contributed by atoms with Gasteiger partial charge < -0.3 is 14.5 Å². The Morgan fingerprint density at radius 3 is 2.85 bits per heavy atom. The molecule has 0 bridgehead atoms. The normalized spacial score (nSPS) is 14.9. The number of aryl methyl sites for hydroxylation is 1. The van der Waals surface area contributed by atoms with Gasteiger partial charge >= 0.3 is 0 Å². The lowest BCUT2D eigenvalue weighted by atomic mass is 10.1. The van der Waals surface area contributed by atoms with Gasteiger partial charge in [0.15, 0.2) is 0 Å². The molecule has 1 fully saturated rings. The first-order chi connectivity index (χ1) is 12.6. The molecule has 1 saturated heterocycles. The summed E-state index contributed by atoms with van der Waals surface area (Å²) in [5.74, 6) is 1.23. The molecule has 2 aromatic rings. The Bertz CT molecular complexity index is 784. The second kappa shape index (κ2) is 8.36. The first-order valence-corrected chi connectivity index (χ1v) is 9.22. The predicted octanol–water partition coefficient (Wildman–Crippen LogP) is 3.19. The average Bonchev–Trinajstić information content (AvgIpc) is 2.90. The molecule has 3 rings (SSSR count). The van der Waals surface area contributed by atoms with Crippen molar-refractivity contribution in [3.63, 3.8) is 0 Å². The molecular formula is C19H23ClN4O2. The number of rotatable bonds is 4. The number of carbonyl (C=O) groups excluding carboxylic acids is 1. The third-order valence-corrected chi connectivity index (χ3v) is 4.80. The molecule has 6 nitrogen and oxygen atoms in total. The Labute approximate surface area is 158 Å². The Hall–Kier alpha value is -2.34. The summed E-state index contributed by atoms with van der Waals surface area (Å²) in [6.45, 7) is 7.22. The summed E-state index contributed by atoms with van der Waals surface area (Å²) in [6.07, 6.45) is 2.56. The molecule has 1 amide bonds. The van der Waals surface area contributed by atoms with E-state index >= 15 is 0 Å². The van der Waals surface area contributed by atoms with Gasteiger partial charge in [-0.15, -0.1) is 0 Å². The maximum atomic E-state index is 12.8. The number of carbonyl (C=O) groups is 1. The van der Waals surface area contributed by atoms with Crippen LogP contribution < -0.4 is 9.64 Å². The molecule has 1 aromatic heterocycles. The summed E-state index contributed by atoms with van der Waals surface area (Å²) < 4.78 is 5.45. The second-order valence-corrected chi connectivity index (χ2v) is 6.63. The molecule has 0 saturated carbocycles. The van der Waals surface area contributed by atoms with Gasteiger partial charge in [-0.05, 0) is 38.0 Å². The van der Waals surface area contributed by atoms with Gasteiger partial charge in [0.25, 0.3) is 5.91 Å². The van der Waals surface area contributed by atoms with Crippen LogP contribution in [0.4, 0.5) is 5.95 Å². The summed E-state index contributed by atoms with van der Waals surface area (Å²) in [7, 11) is 0. The minimum atomic E-state index is 0.0118. The number of halogens is 1. The van der Waals surface area contributed by atoms with Crippen molar-refractivity contribution in [2.75, 3.05) is 37.7 Å². The van der Waals surface area contributed by atoms with Crippen molar-refractivity contribution >= 4 is 23.5 Å². The molecule has 1 aromatic carbocycles. The smallest absolute Gasteiger partial charge is 0.253 e. The van der Waals surface area contributed by atoms with Crippen molar-refractivity contribution in [2.24, 2.45) is 0 Å². The minimum absolute atomic E-state index is 0.0118. The fourth-order valence-electron chi connectivity index (χ4n) is 2.94. The summed E-state index contributed by atoms with van der Waals surface area (Å²) in [5.41, 5.74) is 1.60. The number of ether oxygens (including phenoxy) is 1. The van der Waals surface area contributed by atoms with Gasteiger partial charge in [0.1, 0.15) is 0 Å². The number of hydrogen-bond acceptors (Lipinski definition) is 5. The fraction of sp³-hybridized carbons (Fsp3) is 0.421. The molecule has 26 heavy (non-hydrogen) atoms. The molecule has 0 spiro atoms. The topological polar surface area (TPSA) is 58.6 Å². The lowest BCUT2D eigenvalue weighted by Gasteiger charge is -2.22. The first kappa shape index (κ1) is 18.5. The van der Waals surface area contributed by atoms with Crippen LogP contribution in [-0.2, 0) is 0 Å². The SMILES string of the molecule is CCOc1ccnc(N2CCCN(C(=O)c3ccc(C)c(Cl)c3)CC2)n1. The highest BCUT2D eigenvalue weighted by Gasteiger charge is 2.22. The van der Waals surface area contributed by atoms with Gasteiger partial charge in [-0.3, -0.25) is 4.79 Å². The van der Waals surface area contributed by atoms with Crippen LogP contribution in [0, 0.1) is 6.92 Å². The zero-order valence-electron chi connectivity index (χ0n) is 15.1. The average molecular weight is 375 g/mol. The summed E-state index contributed by atoms with van der Waals surface area (Å²) in [4.78, 5) is 25.6. The maximum absolute atomic E-state index is 12.8. The van der Waals surface area contributed by atoms with E-state index in [1.165, 1.54) is 0 Å². The van der Waals surface area contributed by atoms with Crippen LogP contribution in [0.5, 0.6) is 5.88 Å². The summed E-state index contributed by atoms with van der Waals surface area (Å²) in [5, 5.41) is 0.619. The third-order valence-electron chi connectivity index (χ3n) is 4.39. The van der Waals surface area contributed by atoms with Crippen molar-refractivity contribution in [3.05, 3.63) is 46.6 Å². The Morgan fingerprint density at radius 2 is 2.08 bits per heavy atom. The number of anilines is 1. The molecule has 0 N–H and O–H groups in total. The number of amides is 1. The highest BCUT2D eigenvalue weighted by molar-refractivity contribution is 6.31. The van der Waals surface area contributed by atoms with E-state index in [4.69, 9.17) is 16.3 Å². The van der Waals surface area contributed by atoms with E-state index < -0.39 is 0 Å². The zero-order chi connectivity index (χ0) is 18.5. The number of nitrogens with zero attached hydrogens (tertiary/aromatic N) is 4. The molecule has 2 heterocycles. The minimum Gasteiger partial charge on any atom is -0.478 e. The molecule has 1 aliphatic heterocycles. The van der Waals surface area contributed by atoms with E-state index in [1.54, 1.807) is 18.3 Å². The van der Waals surface area contributed by atoms with Crippen LogP contribution in [0.1, 0.15) is 29.3 Å². The second-order valence-electron chi connectivity index (χ2n) is 6.22. The van der Waals surface area contributed by atoms with Gasteiger partial charge in [0.2, 0.25) is 11.8 Å². The Kier molecular flexibility index (Phi) is 5.93. The van der Waals surface area contributed by atoms with Crippen LogP contribution >= 0.6 is 11.6 Å². The lowest BCUT2D eigenvalue weighted by molar-refractivity contribution is 0.0767. The fourth-order valence-corrected chi connectivity index (χ4v) is 3.12. The van der Waals surface area contributed by atoms with Crippen molar-refractivity contribution in [3.8, 4) is 5.88 Å². The molecule has 0 atom stereocenters. The Balaban J connectivity index is 1.68. The Morgan fingerprint density at radius 1 is 1.23 bits per heavy atom. The summed E-state index contributed by atoms with van der Waals surface area (Å²) >= 11 is 6.17. The quantitative estimate of drug-likeness (QED) is 0.822. The third kappa shape index (κ3) is 4.25. The molecule has 7 heteroatoms. The standard InChI is InChI=1S/C19H23ClN4O2/c1-3-26-17-7-8-21-19(22-17)24-10-4-9-23(11-12-24)18(25)15-6-5-14(2)16(20)13-15/h5-8,13H,3-4,9-12H2,1-2H3. The van der Waals surface area contributed by atoms with Gasteiger partial charge in [-0.25, -0.2) is 4.98 Å². The number of hydrogen-bond donors (Lipinski definition) is 0. The summed E-state index contributed by atoms with van der Waals surface area (Å²) in [6, 6.07) is 7.21. The highest BCUT2D eigenvalue weighted by atomic mass is 35.5. The highest BCUT2D eigenvalue weighted by Crippen LogP contribution is 2.20. The monoisotopic (exact) mass is 374 g/mol. The number of benzene rings is 1. The van der Waals surface area contributed by atoms with Crippen molar-refractivity contribution in [1.82, 2.24) is 14.9 Å². The molecule has 0 unspecified atom stereocenters. The van der Waals surface area contributed by atoms with Crippen molar-refractivity contribution in [2.45, 2.75) is 20.3 Å². The van der Waals surface area contributed by atoms with Gasteiger partial charge in [-0.1, -0.05) is 17.7 Å². The number of aromatic nitrogens is 2. The molecule has 1 aliphatic rings. The van der Waals surface area contributed by atoms with Crippen molar-refractivity contribution in [1.29, 1.82) is 0 Å². The van der Waals surface area contributed by atoms with Crippen LogP contribution in [0.15, 0.2) is 30.5 Å². The van der Waals surface area contributed by atoms with Crippen LogP contribution in [-0.4, -0.2) is 53.6 Å². The first-order valence-electron chi connectivity index (χ1n) is 8.84. The predicted molar refractivity (Wildman–Crippen MR) is 102 cm³/mol. The van der Waals surface area contributed by atoms with Gasteiger partial charge in [0.05, 0.1) is 6.61 Å². The molecule has 138 valence electrons. The van der Waals surface area contributed by atoms with Gasteiger partial charge in [-0.2, -0.15) is 4.98 Å². The van der Waals surface area contributed by atoms with Gasteiger partial charge in [0, 0.05) is 49.0 Å². The van der Waals surface area contributed by atoms with E-state index in [1.807, 2.05) is 30.9 Å². The van der Waals surface area contributed by atoms with E-state index in [2.05, 4.69) is 14.9 Å². The lowest BCUT2D eigenvalue weighted by Crippen LogP contribution is -2.35. The van der Waals surface area contributed by atoms with E-state index in [-0.39, 0.29) is 5.91 Å². The molecule has 0 radical (unpaired) electrons. The van der Waals surface area contributed by atoms with Crippen LogP contribution in [0.25, 0.3) is 0 Å². The van der Waals surface area contributed by atoms with Crippen LogP contribution in [0.2, 0.25) is 5.02 Å². The maximum Gasteiger partial charge on any atom is 0.253 e. The van der Waals surface area contributed by atoms with E-state index in [0.717, 1.165) is 18.5 Å². The molecule has 0 aliphatic carbocycles. The van der Waals surface area contributed by atoms with Crippen LogP contribution in [0.3, 0.4) is 0 Å². The molecular weight excluding hydrogens is 352 g/mol. The zero-order valence-corrected chi connectivity index (χ0v) is 15.9. The van der Waals surface area contributed by atoms with E-state index in [0.29, 0.717) is 48.7 Å². The largest absolute Gasteiger partial charge is 0.478 e. The van der Waals surface area contributed by atoms with Crippen molar-refractivity contribution < 1.29 is 9.53 Å².